The summed E-state index contributed by atoms with van der Waals surface area (Å²) in [4.78, 5) is 28.2. The Hall–Kier alpha value is -3.55. The van der Waals surface area contributed by atoms with Gasteiger partial charge in [-0.3, -0.25) is 14.2 Å². The summed E-state index contributed by atoms with van der Waals surface area (Å²) in [6.45, 7) is 0.238. The van der Waals surface area contributed by atoms with Crippen LogP contribution >= 0.6 is 0 Å². The van der Waals surface area contributed by atoms with E-state index in [1.54, 1.807) is 28.8 Å². The van der Waals surface area contributed by atoms with Gasteiger partial charge in [0.1, 0.15) is 18.5 Å². The van der Waals surface area contributed by atoms with Crippen LogP contribution in [0.15, 0.2) is 61.3 Å². The summed E-state index contributed by atoms with van der Waals surface area (Å²) < 4.78 is 1.60. The number of hydrogen-bond acceptors (Lipinski definition) is 5. The number of carbonyl (C=O) groups is 2. The van der Waals surface area contributed by atoms with E-state index in [1.165, 1.54) is 18.9 Å². The SMILES string of the molecule is O=C(CCNC(=O)c1ccnc(-n2cnnc2)c1)Nc1ccccc1. The van der Waals surface area contributed by atoms with Crippen LogP contribution in [0.2, 0.25) is 0 Å². The minimum atomic E-state index is -0.274. The minimum absolute atomic E-state index is 0.161. The number of amides is 2. The van der Waals surface area contributed by atoms with E-state index in [9.17, 15) is 9.59 Å². The van der Waals surface area contributed by atoms with Crippen LogP contribution in [0.25, 0.3) is 5.82 Å². The van der Waals surface area contributed by atoms with E-state index in [0.717, 1.165) is 5.69 Å². The van der Waals surface area contributed by atoms with E-state index < -0.39 is 0 Å². The summed E-state index contributed by atoms with van der Waals surface area (Å²) >= 11 is 0. The molecule has 0 unspecified atom stereocenters. The van der Waals surface area contributed by atoms with Gasteiger partial charge in [0.05, 0.1) is 0 Å². The van der Waals surface area contributed by atoms with Gasteiger partial charge in [-0.05, 0) is 24.3 Å². The number of nitrogens with one attached hydrogen (secondary N) is 2. The molecule has 0 radical (unpaired) electrons. The zero-order valence-electron chi connectivity index (χ0n) is 13.3. The topological polar surface area (TPSA) is 102 Å². The fourth-order valence-electron chi connectivity index (χ4n) is 2.16. The lowest BCUT2D eigenvalue weighted by Crippen LogP contribution is -2.27. The summed E-state index contributed by atoms with van der Waals surface area (Å²) in [5.41, 5.74) is 1.17. The summed E-state index contributed by atoms with van der Waals surface area (Å²) in [7, 11) is 0. The Labute approximate surface area is 143 Å². The lowest BCUT2D eigenvalue weighted by atomic mass is 10.2. The highest BCUT2D eigenvalue weighted by Gasteiger charge is 2.09. The summed E-state index contributed by atoms with van der Waals surface area (Å²) in [6, 6.07) is 12.4. The van der Waals surface area contributed by atoms with Gasteiger partial charge in [-0.25, -0.2) is 4.98 Å². The second kappa shape index (κ2) is 7.82. The van der Waals surface area contributed by atoms with Crippen molar-refractivity contribution in [3.8, 4) is 5.82 Å². The number of pyridine rings is 1. The molecule has 2 heterocycles. The van der Waals surface area contributed by atoms with Crippen LogP contribution in [0, 0.1) is 0 Å². The molecule has 0 bridgehead atoms. The van der Waals surface area contributed by atoms with Crippen molar-refractivity contribution < 1.29 is 9.59 Å². The maximum Gasteiger partial charge on any atom is 0.251 e. The third-order valence-electron chi connectivity index (χ3n) is 3.39. The van der Waals surface area contributed by atoms with E-state index in [0.29, 0.717) is 11.4 Å². The third-order valence-corrected chi connectivity index (χ3v) is 3.39. The van der Waals surface area contributed by atoms with Crippen molar-refractivity contribution in [2.24, 2.45) is 0 Å². The molecule has 8 heteroatoms. The lowest BCUT2D eigenvalue weighted by Gasteiger charge is -2.07. The molecule has 0 aliphatic carbocycles. The number of nitrogens with zero attached hydrogens (tertiary/aromatic N) is 4. The number of carbonyl (C=O) groups excluding carboxylic acids is 2. The first kappa shape index (κ1) is 16.3. The van der Waals surface area contributed by atoms with Gasteiger partial charge in [0.25, 0.3) is 5.91 Å². The number of rotatable bonds is 6. The van der Waals surface area contributed by atoms with Gasteiger partial charge in [-0.1, -0.05) is 18.2 Å². The van der Waals surface area contributed by atoms with E-state index in [4.69, 9.17) is 0 Å². The van der Waals surface area contributed by atoms with Gasteiger partial charge in [0, 0.05) is 30.4 Å². The van der Waals surface area contributed by atoms with Crippen LogP contribution in [0.1, 0.15) is 16.8 Å². The van der Waals surface area contributed by atoms with Gasteiger partial charge in [-0.2, -0.15) is 0 Å². The molecule has 0 aliphatic rings. The normalized spacial score (nSPS) is 10.2. The van der Waals surface area contributed by atoms with E-state index >= 15 is 0 Å². The van der Waals surface area contributed by atoms with Gasteiger partial charge >= 0.3 is 0 Å². The fraction of sp³-hybridized carbons (Fsp3) is 0.118. The highest BCUT2D eigenvalue weighted by Crippen LogP contribution is 2.07. The van der Waals surface area contributed by atoms with Crippen molar-refractivity contribution in [1.82, 2.24) is 25.1 Å². The molecule has 1 aromatic carbocycles. The van der Waals surface area contributed by atoms with Crippen LogP contribution in [0.5, 0.6) is 0 Å². The van der Waals surface area contributed by atoms with E-state index in [-0.39, 0.29) is 24.8 Å². The molecule has 2 N–H and O–H groups in total. The average molecular weight is 336 g/mol. The van der Waals surface area contributed by atoms with Crippen LogP contribution in [0.4, 0.5) is 5.69 Å². The first-order valence-corrected chi connectivity index (χ1v) is 7.66. The predicted molar refractivity (Wildman–Crippen MR) is 91.2 cm³/mol. The average Bonchev–Trinajstić information content (AvgIpc) is 3.17. The largest absolute Gasteiger partial charge is 0.352 e. The monoisotopic (exact) mass is 336 g/mol. The molecule has 25 heavy (non-hydrogen) atoms. The zero-order chi connectivity index (χ0) is 17.5. The van der Waals surface area contributed by atoms with Crippen molar-refractivity contribution in [2.45, 2.75) is 6.42 Å². The zero-order valence-corrected chi connectivity index (χ0v) is 13.3. The molecule has 126 valence electrons. The van der Waals surface area contributed by atoms with E-state index in [2.05, 4.69) is 25.8 Å². The number of anilines is 1. The quantitative estimate of drug-likeness (QED) is 0.709. The van der Waals surface area contributed by atoms with Gasteiger partial charge in [-0.15, -0.1) is 10.2 Å². The van der Waals surface area contributed by atoms with Crippen molar-refractivity contribution in [2.75, 3.05) is 11.9 Å². The maximum absolute atomic E-state index is 12.2. The molecule has 3 aromatic rings. The highest BCUT2D eigenvalue weighted by molar-refractivity contribution is 5.95. The maximum atomic E-state index is 12.2. The molecule has 8 nitrogen and oxygen atoms in total. The fourth-order valence-corrected chi connectivity index (χ4v) is 2.16. The lowest BCUT2D eigenvalue weighted by molar-refractivity contribution is -0.116. The number of hydrogen-bond donors (Lipinski definition) is 2. The van der Waals surface area contributed by atoms with Gasteiger partial charge in [0.15, 0.2) is 0 Å². The first-order valence-electron chi connectivity index (χ1n) is 7.66. The van der Waals surface area contributed by atoms with Crippen molar-refractivity contribution in [1.29, 1.82) is 0 Å². The Kier molecular flexibility index (Phi) is 5.10. The second-order valence-corrected chi connectivity index (χ2v) is 5.19. The van der Waals surface area contributed by atoms with Gasteiger partial charge in [0.2, 0.25) is 5.91 Å². The molecule has 3 rings (SSSR count). The number of para-hydroxylation sites is 1. The Morgan fingerprint density at radius 2 is 1.80 bits per heavy atom. The van der Waals surface area contributed by atoms with E-state index in [1.807, 2.05) is 18.2 Å². The molecule has 0 fully saturated rings. The van der Waals surface area contributed by atoms with Crippen LogP contribution < -0.4 is 10.6 Å². The Balaban J connectivity index is 1.51. The van der Waals surface area contributed by atoms with Gasteiger partial charge < -0.3 is 10.6 Å². The standard InChI is InChI=1S/C17H16N6O2/c24-16(22-14-4-2-1-3-5-14)7-9-19-17(25)13-6-8-18-15(10-13)23-11-20-21-12-23/h1-6,8,10-12H,7,9H2,(H,19,25)(H,22,24). The minimum Gasteiger partial charge on any atom is -0.352 e. The molecule has 0 atom stereocenters. The molecule has 0 aliphatic heterocycles. The molecular formula is C17H16N6O2. The first-order chi connectivity index (χ1) is 12.2. The summed E-state index contributed by atoms with van der Waals surface area (Å²) in [5, 5.41) is 12.9. The molecule has 2 aromatic heterocycles. The Morgan fingerprint density at radius 3 is 2.56 bits per heavy atom. The Morgan fingerprint density at radius 1 is 1.04 bits per heavy atom. The van der Waals surface area contributed by atoms with Crippen LogP contribution in [-0.2, 0) is 4.79 Å². The van der Waals surface area contributed by atoms with Crippen molar-refractivity contribution >= 4 is 17.5 Å². The number of benzene rings is 1. The molecule has 0 saturated heterocycles. The highest BCUT2D eigenvalue weighted by atomic mass is 16.2. The van der Waals surface area contributed by atoms with Crippen molar-refractivity contribution in [3.63, 3.8) is 0 Å². The molecule has 0 spiro atoms. The second-order valence-electron chi connectivity index (χ2n) is 5.19. The van der Waals surface area contributed by atoms with Crippen LogP contribution in [-0.4, -0.2) is 38.1 Å². The molecule has 2 amide bonds. The van der Waals surface area contributed by atoms with Crippen LogP contribution in [0.3, 0.4) is 0 Å². The Bertz CT molecular complexity index is 849. The predicted octanol–water partition coefficient (Wildman–Crippen LogP) is 1.42. The third kappa shape index (κ3) is 4.47. The molecular weight excluding hydrogens is 320 g/mol. The summed E-state index contributed by atoms with van der Waals surface area (Å²) in [6.07, 6.45) is 4.71. The number of aromatic nitrogens is 4. The molecule has 0 saturated carbocycles. The smallest absolute Gasteiger partial charge is 0.251 e. The summed E-state index contributed by atoms with van der Waals surface area (Å²) in [5.74, 6) is 0.107. The van der Waals surface area contributed by atoms with Crippen molar-refractivity contribution in [3.05, 3.63) is 66.9 Å².